The summed E-state index contributed by atoms with van der Waals surface area (Å²) in [5.74, 6) is -0.185. The Bertz CT molecular complexity index is 549. The summed E-state index contributed by atoms with van der Waals surface area (Å²) in [7, 11) is 0. The maximum absolute atomic E-state index is 11.8. The zero-order valence-corrected chi connectivity index (χ0v) is 11.4. The number of hydrogen-bond acceptors (Lipinski definition) is 4. The molecular formula is C14H18N4O2. The third kappa shape index (κ3) is 3.64. The van der Waals surface area contributed by atoms with Gasteiger partial charge < -0.3 is 10.4 Å². The fourth-order valence-corrected chi connectivity index (χ4v) is 1.81. The molecule has 1 amide bonds. The second-order valence-electron chi connectivity index (χ2n) is 4.52. The lowest BCUT2D eigenvalue weighted by Crippen LogP contribution is -2.38. The van der Waals surface area contributed by atoms with Gasteiger partial charge in [0.2, 0.25) is 5.91 Å². The number of hydrogen-bond donors (Lipinski definition) is 2. The number of benzene rings is 1. The Morgan fingerprint density at radius 3 is 2.80 bits per heavy atom. The van der Waals surface area contributed by atoms with Crippen molar-refractivity contribution in [1.82, 2.24) is 20.3 Å². The molecule has 106 valence electrons. The Morgan fingerprint density at radius 2 is 2.15 bits per heavy atom. The van der Waals surface area contributed by atoms with E-state index in [2.05, 4.69) is 15.6 Å². The normalized spacial score (nSPS) is 12.1. The molecule has 1 aromatic heterocycles. The van der Waals surface area contributed by atoms with E-state index in [1.165, 1.54) is 4.68 Å². The number of nitrogens with zero attached hydrogens (tertiary/aromatic N) is 3. The minimum absolute atomic E-state index is 0.0607. The third-order valence-electron chi connectivity index (χ3n) is 2.99. The first-order chi connectivity index (χ1) is 9.72. The van der Waals surface area contributed by atoms with Crippen molar-refractivity contribution in [2.45, 2.75) is 25.9 Å². The average Bonchev–Trinajstić information content (AvgIpc) is 2.94. The first-order valence-corrected chi connectivity index (χ1v) is 6.58. The largest absolute Gasteiger partial charge is 0.394 e. The van der Waals surface area contributed by atoms with Crippen molar-refractivity contribution < 1.29 is 9.90 Å². The van der Waals surface area contributed by atoms with Crippen molar-refractivity contribution in [3.05, 3.63) is 36.5 Å². The summed E-state index contributed by atoms with van der Waals surface area (Å²) < 4.78 is 1.49. The molecule has 2 N–H and O–H groups in total. The molecule has 1 aromatic carbocycles. The molecule has 1 atom stereocenters. The van der Waals surface area contributed by atoms with E-state index in [0.717, 1.165) is 11.3 Å². The minimum Gasteiger partial charge on any atom is -0.394 e. The predicted molar refractivity (Wildman–Crippen MR) is 74.8 cm³/mol. The molecule has 0 aliphatic rings. The number of nitrogens with one attached hydrogen (secondary N) is 1. The van der Waals surface area contributed by atoms with E-state index in [1.54, 1.807) is 6.20 Å². The van der Waals surface area contributed by atoms with Crippen LogP contribution >= 0.6 is 0 Å². The van der Waals surface area contributed by atoms with E-state index in [1.807, 2.05) is 37.3 Å². The lowest BCUT2D eigenvalue weighted by Gasteiger charge is -2.13. The summed E-state index contributed by atoms with van der Waals surface area (Å²) in [6.07, 6.45) is 2.42. The van der Waals surface area contributed by atoms with E-state index >= 15 is 0 Å². The van der Waals surface area contributed by atoms with Crippen molar-refractivity contribution in [3.8, 4) is 11.3 Å². The van der Waals surface area contributed by atoms with Crippen LogP contribution < -0.4 is 5.32 Å². The predicted octanol–water partition coefficient (Wildman–Crippen LogP) is 0.832. The first-order valence-electron chi connectivity index (χ1n) is 6.58. The molecule has 2 rings (SSSR count). The van der Waals surface area contributed by atoms with E-state index in [4.69, 9.17) is 5.11 Å². The highest BCUT2D eigenvalue weighted by atomic mass is 16.3. The first kappa shape index (κ1) is 14.2. The number of carbonyl (C=O) groups excluding carboxylic acids is 1. The summed E-state index contributed by atoms with van der Waals surface area (Å²) in [6, 6.07) is 9.45. The Balaban J connectivity index is 1.98. The van der Waals surface area contributed by atoms with Gasteiger partial charge in [0.05, 0.1) is 18.8 Å². The topological polar surface area (TPSA) is 80.0 Å². The molecule has 2 aromatic rings. The number of aliphatic hydroxyl groups excluding tert-OH is 1. The number of amides is 1. The van der Waals surface area contributed by atoms with Crippen LogP contribution in [0.5, 0.6) is 0 Å². The molecule has 20 heavy (non-hydrogen) atoms. The molecule has 0 aliphatic heterocycles. The molecule has 0 aliphatic carbocycles. The number of aromatic nitrogens is 3. The molecule has 6 nitrogen and oxygen atoms in total. The van der Waals surface area contributed by atoms with Gasteiger partial charge in [-0.05, 0) is 6.42 Å². The Hall–Kier alpha value is -2.21. The Labute approximate surface area is 117 Å². The highest BCUT2D eigenvalue weighted by molar-refractivity contribution is 5.76. The number of aliphatic hydroxyl groups is 1. The molecule has 1 heterocycles. The van der Waals surface area contributed by atoms with Gasteiger partial charge in [0.25, 0.3) is 0 Å². The number of carbonyl (C=O) groups is 1. The smallest absolute Gasteiger partial charge is 0.242 e. The Morgan fingerprint density at radius 1 is 1.40 bits per heavy atom. The van der Waals surface area contributed by atoms with Crippen LogP contribution in [0.15, 0.2) is 36.5 Å². The summed E-state index contributed by atoms with van der Waals surface area (Å²) in [4.78, 5) is 11.8. The molecule has 6 heteroatoms. The van der Waals surface area contributed by atoms with Crippen LogP contribution in [0.4, 0.5) is 0 Å². The molecule has 0 radical (unpaired) electrons. The summed E-state index contributed by atoms with van der Waals surface area (Å²) in [5, 5.41) is 19.8. The lowest BCUT2D eigenvalue weighted by molar-refractivity contribution is -0.122. The minimum atomic E-state index is -0.209. The van der Waals surface area contributed by atoms with Crippen LogP contribution in [-0.2, 0) is 11.3 Å². The van der Waals surface area contributed by atoms with Crippen LogP contribution in [0.1, 0.15) is 13.3 Å². The molecule has 1 unspecified atom stereocenters. The molecule has 0 saturated carbocycles. The summed E-state index contributed by atoms with van der Waals surface area (Å²) in [5.41, 5.74) is 1.69. The van der Waals surface area contributed by atoms with Gasteiger partial charge in [-0.25, -0.2) is 4.68 Å². The van der Waals surface area contributed by atoms with Gasteiger partial charge >= 0.3 is 0 Å². The lowest BCUT2D eigenvalue weighted by atomic mass is 10.2. The van der Waals surface area contributed by atoms with Crippen molar-refractivity contribution >= 4 is 5.91 Å². The standard InChI is InChI=1S/C14H18N4O2/c1-2-12(10-19)15-14(20)9-18-8-13(16-17-18)11-6-4-3-5-7-11/h3-8,12,19H,2,9-10H2,1H3,(H,15,20). The van der Waals surface area contributed by atoms with Crippen LogP contribution in [0, 0.1) is 0 Å². The second-order valence-corrected chi connectivity index (χ2v) is 4.52. The van der Waals surface area contributed by atoms with Gasteiger partial charge in [0, 0.05) is 5.56 Å². The molecule has 0 saturated heterocycles. The van der Waals surface area contributed by atoms with Crippen molar-refractivity contribution in [1.29, 1.82) is 0 Å². The SMILES string of the molecule is CCC(CO)NC(=O)Cn1cc(-c2ccccc2)nn1. The van der Waals surface area contributed by atoms with Gasteiger partial charge in [-0.15, -0.1) is 5.10 Å². The van der Waals surface area contributed by atoms with Crippen LogP contribution in [0.25, 0.3) is 11.3 Å². The van der Waals surface area contributed by atoms with Gasteiger partial charge in [-0.1, -0.05) is 42.5 Å². The number of rotatable bonds is 6. The molecule has 0 spiro atoms. The van der Waals surface area contributed by atoms with Gasteiger partial charge in [0.1, 0.15) is 12.2 Å². The highest BCUT2D eigenvalue weighted by Crippen LogP contribution is 2.14. The van der Waals surface area contributed by atoms with E-state index in [0.29, 0.717) is 6.42 Å². The van der Waals surface area contributed by atoms with E-state index < -0.39 is 0 Å². The van der Waals surface area contributed by atoms with E-state index in [-0.39, 0.29) is 25.1 Å². The zero-order valence-electron chi connectivity index (χ0n) is 11.4. The van der Waals surface area contributed by atoms with Crippen molar-refractivity contribution in [2.75, 3.05) is 6.61 Å². The van der Waals surface area contributed by atoms with Gasteiger partial charge in [-0.3, -0.25) is 4.79 Å². The highest BCUT2D eigenvalue weighted by Gasteiger charge is 2.11. The fourth-order valence-electron chi connectivity index (χ4n) is 1.81. The monoisotopic (exact) mass is 274 g/mol. The maximum atomic E-state index is 11.8. The average molecular weight is 274 g/mol. The van der Waals surface area contributed by atoms with Crippen LogP contribution in [-0.4, -0.2) is 38.7 Å². The molecule has 0 fully saturated rings. The van der Waals surface area contributed by atoms with Crippen molar-refractivity contribution in [2.24, 2.45) is 0 Å². The van der Waals surface area contributed by atoms with Gasteiger partial charge in [0.15, 0.2) is 0 Å². The van der Waals surface area contributed by atoms with E-state index in [9.17, 15) is 4.79 Å². The Kier molecular flexibility index (Phi) is 4.84. The maximum Gasteiger partial charge on any atom is 0.242 e. The van der Waals surface area contributed by atoms with Crippen LogP contribution in [0.3, 0.4) is 0 Å². The quantitative estimate of drug-likeness (QED) is 0.817. The zero-order chi connectivity index (χ0) is 14.4. The van der Waals surface area contributed by atoms with Crippen molar-refractivity contribution in [3.63, 3.8) is 0 Å². The van der Waals surface area contributed by atoms with Gasteiger partial charge in [-0.2, -0.15) is 0 Å². The molecule has 0 bridgehead atoms. The van der Waals surface area contributed by atoms with Crippen LogP contribution in [0.2, 0.25) is 0 Å². The summed E-state index contributed by atoms with van der Waals surface area (Å²) >= 11 is 0. The summed E-state index contributed by atoms with van der Waals surface area (Å²) in [6.45, 7) is 1.94. The third-order valence-corrected chi connectivity index (χ3v) is 2.99. The second kappa shape index (κ2) is 6.81. The molecular weight excluding hydrogens is 256 g/mol. The fraction of sp³-hybridized carbons (Fsp3) is 0.357.